The summed E-state index contributed by atoms with van der Waals surface area (Å²) in [5.74, 6) is 0.726. The van der Waals surface area contributed by atoms with Crippen molar-refractivity contribution in [3.8, 4) is 45.3 Å². The van der Waals surface area contributed by atoms with Crippen molar-refractivity contribution in [3.05, 3.63) is 231 Å². The molecule has 0 spiro atoms. The maximum absolute atomic E-state index is 5.82. The van der Waals surface area contributed by atoms with Crippen molar-refractivity contribution >= 4 is 74.5 Å². The van der Waals surface area contributed by atoms with Gasteiger partial charge in [0.05, 0.1) is 0 Å². The van der Waals surface area contributed by atoms with E-state index in [-0.39, 0.29) is 0 Å². The van der Waals surface area contributed by atoms with Gasteiger partial charge in [0, 0.05) is 0 Å². The molecule has 1 aliphatic heterocycles. The van der Waals surface area contributed by atoms with E-state index in [9.17, 15) is 0 Å². The molecule has 4 heterocycles. The third kappa shape index (κ3) is 5.16. The predicted octanol–water partition coefficient (Wildman–Crippen LogP) is 11.4. The zero-order valence-corrected chi connectivity index (χ0v) is 36.3. The molecule has 1 aliphatic rings. The van der Waals surface area contributed by atoms with Gasteiger partial charge in [0.25, 0.3) is 0 Å². The van der Waals surface area contributed by atoms with E-state index in [1.54, 1.807) is 0 Å². The molecule has 63 heavy (non-hydrogen) atoms. The second-order valence-electron chi connectivity index (χ2n) is 16.4. The van der Waals surface area contributed by atoms with Crippen molar-refractivity contribution in [2.24, 2.45) is 0 Å². The van der Waals surface area contributed by atoms with Crippen LogP contribution in [0, 0.1) is 0 Å². The summed E-state index contributed by atoms with van der Waals surface area (Å²) in [5, 5.41) is 4.88. The Labute approximate surface area is 367 Å². The van der Waals surface area contributed by atoms with Crippen molar-refractivity contribution in [2.75, 3.05) is 0 Å². The van der Waals surface area contributed by atoms with Crippen molar-refractivity contribution in [2.45, 2.75) is 0 Å². The molecule has 0 fully saturated rings. The van der Waals surface area contributed by atoms with Crippen LogP contribution in [-0.4, -0.2) is 32.4 Å². The van der Waals surface area contributed by atoms with Gasteiger partial charge in [-0.2, -0.15) is 0 Å². The number of fused-ring (bicyclic) bond motifs is 10. The van der Waals surface area contributed by atoms with Gasteiger partial charge >= 0.3 is 363 Å². The third-order valence-electron chi connectivity index (χ3n) is 13.2. The Morgan fingerprint density at radius 2 is 0.889 bits per heavy atom. The summed E-state index contributed by atoms with van der Waals surface area (Å²) in [6.45, 7) is 0. The molecule has 5 heteroatoms. The van der Waals surface area contributed by atoms with Crippen LogP contribution in [0.2, 0.25) is 0 Å². The van der Waals surface area contributed by atoms with Gasteiger partial charge in [-0.1, -0.05) is 6.07 Å². The fourth-order valence-electron chi connectivity index (χ4n) is 10.7. The summed E-state index contributed by atoms with van der Waals surface area (Å²) in [6.07, 6.45) is 0. The molecule has 3 aromatic heterocycles. The van der Waals surface area contributed by atoms with E-state index < -0.39 is 13.3 Å². The normalized spacial score (nSPS) is 12.9. The van der Waals surface area contributed by atoms with Gasteiger partial charge in [0.2, 0.25) is 0 Å². The van der Waals surface area contributed by atoms with Gasteiger partial charge < -0.3 is 0 Å². The quantitative estimate of drug-likeness (QED) is 0.156. The first-order valence-electron chi connectivity index (χ1n) is 21.6. The Balaban J connectivity index is 1.21. The van der Waals surface area contributed by atoms with Crippen LogP contribution in [0.1, 0.15) is 0 Å². The molecule has 0 aliphatic carbocycles. The third-order valence-corrected chi connectivity index (χ3v) is 23.4. The summed E-state index contributed by atoms with van der Waals surface area (Å²) in [5.41, 5.74) is 12.2. The van der Waals surface area contributed by atoms with E-state index in [2.05, 4.69) is 240 Å². The molecule has 12 aromatic rings. The molecular formula is C58H38GeN4. The molecule has 0 atom stereocenters. The summed E-state index contributed by atoms with van der Waals surface area (Å²) in [7, 11) is 0. The van der Waals surface area contributed by atoms with Crippen LogP contribution in [0.3, 0.4) is 0 Å². The monoisotopic (exact) mass is 864 g/mol. The Morgan fingerprint density at radius 3 is 1.59 bits per heavy atom. The van der Waals surface area contributed by atoms with Crippen LogP contribution in [0.5, 0.6) is 0 Å². The van der Waals surface area contributed by atoms with Gasteiger partial charge in [0.1, 0.15) is 0 Å². The fourth-order valence-corrected chi connectivity index (χ4v) is 21.7. The standard InChI is InChI=1S/C58H38GeN4/c1-5-21-39(22-6-1)58-60-55-45-30-13-17-33-48(45)59(40-23-7-2-8-24-40,41-25-9-3-10-26-41)54(55)56(61-58)47-32-16-20-36-51(47)63-49-34-18-14-29-43(49)44-37-38-52-53(57(44)63)46-31-15-19-35-50(46)62(52)42-27-11-4-12-28-42/h1-38H. The fraction of sp³-hybridized carbons (Fsp3) is 0. The van der Waals surface area contributed by atoms with Crippen molar-refractivity contribution < 1.29 is 0 Å². The Morgan fingerprint density at radius 1 is 0.365 bits per heavy atom. The predicted molar refractivity (Wildman–Crippen MR) is 264 cm³/mol. The molecule has 0 saturated heterocycles. The second-order valence-corrected chi connectivity index (χ2v) is 24.2. The van der Waals surface area contributed by atoms with Crippen molar-refractivity contribution in [1.82, 2.24) is 19.1 Å². The number of aromatic nitrogens is 4. The summed E-state index contributed by atoms with van der Waals surface area (Å²) in [6, 6.07) is 84.1. The SMILES string of the molecule is c1ccc(-c2nc(-c3ccccc3-n3c4ccccc4c4ccc5c(c6ccccc6n5-c5ccccc5)c43)[c]3c(n2)-c2cccc[c]2[Ge]3([c]2ccccc2)[c]2ccccc2)cc1. The van der Waals surface area contributed by atoms with Crippen LogP contribution in [0.4, 0.5) is 0 Å². The van der Waals surface area contributed by atoms with E-state index in [0.29, 0.717) is 0 Å². The molecule has 0 N–H and O–H groups in total. The van der Waals surface area contributed by atoms with Crippen LogP contribution < -0.4 is 17.6 Å². The van der Waals surface area contributed by atoms with Gasteiger partial charge in [-0.15, -0.1) is 0 Å². The molecule has 9 aromatic carbocycles. The number of hydrogen-bond donors (Lipinski definition) is 0. The molecule has 4 nitrogen and oxygen atoms in total. The first-order valence-corrected chi connectivity index (χ1v) is 25.8. The number of hydrogen-bond acceptors (Lipinski definition) is 2. The first kappa shape index (κ1) is 35.9. The van der Waals surface area contributed by atoms with Crippen LogP contribution in [0.15, 0.2) is 231 Å². The molecule has 13 rings (SSSR count). The number of nitrogens with zero attached hydrogens (tertiary/aromatic N) is 4. The minimum atomic E-state index is -3.86. The van der Waals surface area contributed by atoms with Gasteiger partial charge in [-0.05, 0) is 0 Å². The Kier molecular flexibility index (Phi) is 8.05. The topological polar surface area (TPSA) is 35.6 Å². The van der Waals surface area contributed by atoms with Crippen molar-refractivity contribution in [1.29, 1.82) is 0 Å². The average molecular weight is 864 g/mol. The molecule has 0 saturated carbocycles. The van der Waals surface area contributed by atoms with Crippen LogP contribution in [-0.2, 0) is 0 Å². The van der Waals surface area contributed by atoms with E-state index in [0.717, 1.165) is 45.2 Å². The molecule has 0 unspecified atom stereocenters. The minimum absolute atomic E-state index is 0.726. The Bertz CT molecular complexity index is 3690. The van der Waals surface area contributed by atoms with Crippen LogP contribution >= 0.6 is 0 Å². The van der Waals surface area contributed by atoms with E-state index in [1.807, 2.05) is 0 Å². The molecule has 0 bridgehead atoms. The molecule has 294 valence electrons. The second kappa shape index (κ2) is 14.1. The molecule has 0 amide bonds. The van der Waals surface area contributed by atoms with E-state index in [4.69, 9.17) is 9.97 Å². The number of para-hydroxylation sites is 4. The zero-order valence-electron chi connectivity index (χ0n) is 34.2. The van der Waals surface area contributed by atoms with E-state index >= 15 is 0 Å². The summed E-state index contributed by atoms with van der Waals surface area (Å²) < 4.78 is 10.3. The number of rotatable bonds is 6. The van der Waals surface area contributed by atoms with Gasteiger partial charge in [0.15, 0.2) is 0 Å². The van der Waals surface area contributed by atoms with Crippen LogP contribution in [0.25, 0.3) is 88.9 Å². The van der Waals surface area contributed by atoms with E-state index in [1.165, 1.54) is 61.2 Å². The maximum atomic E-state index is 5.82. The van der Waals surface area contributed by atoms with Crippen molar-refractivity contribution in [3.63, 3.8) is 0 Å². The molecular weight excluding hydrogens is 825 g/mol. The first-order chi connectivity index (χ1) is 31.3. The Hall–Kier alpha value is -7.80. The summed E-state index contributed by atoms with van der Waals surface area (Å²) >= 11 is -3.86. The molecule has 0 radical (unpaired) electrons. The zero-order chi connectivity index (χ0) is 41.5. The van der Waals surface area contributed by atoms with Gasteiger partial charge in [-0.25, -0.2) is 0 Å². The summed E-state index contributed by atoms with van der Waals surface area (Å²) in [4.78, 5) is 11.4. The number of benzene rings is 9. The van der Waals surface area contributed by atoms with Gasteiger partial charge in [-0.3, -0.25) is 0 Å². The average Bonchev–Trinajstić information content (AvgIpc) is 3.99.